The maximum absolute atomic E-state index is 11.8. The van der Waals surface area contributed by atoms with E-state index in [0.29, 0.717) is 6.54 Å². The Balaban J connectivity index is 2.58. The first-order valence-corrected chi connectivity index (χ1v) is 6.65. The summed E-state index contributed by atoms with van der Waals surface area (Å²) in [6, 6.07) is 1.93. The molecule has 0 atom stereocenters. The van der Waals surface area contributed by atoms with E-state index in [1.54, 1.807) is 13.8 Å². The van der Waals surface area contributed by atoms with Crippen molar-refractivity contribution in [1.29, 1.82) is 0 Å². The first-order chi connectivity index (χ1) is 7.87. The van der Waals surface area contributed by atoms with Crippen LogP contribution in [0.3, 0.4) is 0 Å². The molecule has 0 unspecified atom stereocenters. The first kappa shape index (κ1) is 14.2. The fraction of sp³-hybridized carbons (Fsp3) is 0.455. The van der Waals surface area contributed by atoms with E-state index in [-0.39, 0.29) is 5.91 Å². The zero-order valence-corrected chi connectivity index (χ0v) is 12.3. The zero-order chi connectivity index (χ0) is 13.1. The van der Waals surface area contributed by atoms with Gasteiger partial charge in [-0.3, -0.25) is 9.59 Å². The van der Waals surface area contributed by atoms with Crippen LogP contribution in [0.5, 0.6) is 0 Å². The van der Waals surface area contributed by atoms with Crippen LogP contribution in [0.25, 0.3) is 0 Å². The largest absolute Gasteiger partial charge is 0.468 e. The number of amides is 1. The Morgan fingerprint density at radius 3 is 2.65 bits per heavy atom. The van der Waals surface area contributed by atoms with Crippen molar-refractivity contribution in [2.45, 2.75) is 20.4 Å². The molecule has 94 valence electrons. The number of nitrogens with one attached hydrogen (secondary N) is 1. The highest BCUT2D eigenvalue weighted by atomic mass is 79.9. The summed E-state index contributed by atoms with van der Waals surface area (Å²) in [7, 11) is 1.27. The molecule has 0 bridgehead atoms. The molecule has 1 aromatic heterocycles. The van der Waals surface area contributed by atoms with Gasteiger partial charge >= 0.3 is 5.97 Å². The standard InChI is InChI=1S/C11H14BrNO3S/c1-11(2,10(15)16-3)9(14)13-5-8-4-7(12)6-17-8/h4,6H,5H2,1-3H3,(H,13,14). The molecule has 0 fully saturated rings. The van der Waals surface area contributed by atoms with E-state index in [0.717, 1.165) is 9.35 Å². The molecule has 0 spiro atoms. The number of carbonyl (C=O) groups excluding carboxylic acids is 2. The third kappa shape index (κ3) is 3.54. The van der Waals surface area contributed by atoms with Crippen LogP contribution in [-0.2, 0) is 20.9 Å². The normalized spacial score (nSPS) is 11.1. The molecule has 0 saturated heterocycles. The number of esters is 1. The lowest BCUT2D eigenvalue weighted by atomic mass is 9.92. The monoisotopic (exact) mass is 319 g/mol. The van der Waals surface area contributed by atoms with Crippen LogP contribution in [0.15, 0.2) is 15.9 Å². The summed E-state index contributed by atoms with van der Waals surface area (Å²) >= 11 is 4.88. The highest BCUT2D eigenvalue weighted by Crippen LogP contribution is 2.21. The predicted molar refractivity (Wildman–Crippen MR) is 69.7 cm³/mol. The van der Waals surface area contributed by atoms with Gasteiger partial charge in [0.2, 0.25) is 5.91 Å². The molecule has 0 aliphatic rings. The van der Waals surface area contributed by atoms with E-state index in [2.05, 4.69) is 26.0 Å². The summed E-state index contributed by atoms with van der Waals surface area (Å²) in [5, 5.41) is 4.66. The lowest BCUT2D eigenvalue weighted by molar-refractivity contribution is -0.156. The van der Waals surface area contributed by atoms with Crippen molar-refractivity contribution in [3.8, 4) is 0 Å². The quantitative estimate of drug-likeness (QED) is 0.684. The van der Waals surface area contributed by atoms with Gasteiger partial charge in [-0.05, 0) is 35.8 Å². The van der Waals surface area contributed by atoms with Crippen LogP contribution in [0.1, 0.15) is 18.7 Å². The maximum atomic E-state index is 11.8. The molecule has 0 radical (unpaired) electrons. The summed E-state index contributed by atoms with van der Waals surface area (Å²) in [6.07, 6.45) is 0. The van der Waals surface area contributed by atoms with Crippen LogP contribution in [0.2, 0.25) is 0 Å². The lowest BCUT2D eigenvalue weighted by Gasteiger charge is -2.20. The molecule has 6 heteroatoms. The second-order valence-electron chi connectivity index (χ2n) is 4.03. The first-order valence-electron chi connectivity index (χ1n) is 4.97. The van der Waals surface area contributed by atoms with Gasteiger partial charge in [-0.2, -0.15) is 0 Å². The van der Waals surface area contributed by atoms with Crippen molar-refractivity contribution in [3.05, 3.63) is 20.8 Å². The predicted octanol–water partition coefficient (Wildman–Crippen LogP) is 2.33. The van der Waals surface area contributed by atoms with Gasteiger partial charge in [-0.1, -0.05) is 0 Å². The van der Waals surface area contributed by atoms with Crippen LogP contribution in [-0.4, -0.2) is 19.0 Å². The Morgan fingerprint density at radius 2 is 2.18 bits per heavy atom. The van der Waals surface area contributed by atoms with Crippen molar-refractivity contribution in [2.24, 2.45) is 5.41 Å². The molecule has 1 amide bonds. The molecule has 1 N–H and O–H groups in total. The average molecular weight is 320 g/mol. The lowest BCUT2D eigenvalue weighted by Crippen LogP contribution is -2.42. The second-order valence-corrected chi connectivity index (χ2v) is 5.94. The van der Waals surface area contributed by atoms with Crippen molar-refractivity contribution < 1.29 is 14.3 Å². The second kappa shape index (κ2) is 5.64. The Hall–Kier alpha value is -0.880. The molecule has 1 heterocycles. The van der Waals surface area contributed by atoms with Crippen LogP contribution in [0.4, 0.5) is 0 Å². The molecule has 0 aliphatic heterocycles. The van der Waals surface area contributed by atoms with Gasteiger partial charge in [0, 0.05) is 14.7 Å². The van der Waals surface area contributed by atoms with Gasteiger partial charge in [0.05, 0.1) is 13.7 Å². The minimum Gasteiger partial charge on any atom is -0.468 e. The molecule has 17 heavy (non-hydrogen) atoms. The molecular formula is C11H14BrNO3S. The highest BCUT2D eigenvalue weighted by molar-refractivity contribution is 9.10. The number of rotatable bonds is 4. The fourth-order valence-corrected chi connectivity index (χ4v) is 2.57. The van der Waals surface area contributed by atoms with Crippen LogP contribution < -0.4 is 5.32 Å². The summed E-state index contributed by atoms with van der Waals surface area (Å²) in [5.41, 5.74) is -1.16. The summed E-state index contributed by atoms with van der Waals surface area (Å²) in [4.78, 5) is 24.2. The van der Waals surface area contributed by atoms with Crippen LogP contribution >= 0.6 is 27.3 Å². The number of carbonyl (C=O) groups is 2. The highest BCUT2D eigenvalue weighted by Gasteiger charge is 2.36. The Labute approximate surface area is 112 Å². The van der Waals surface area contributed by atoms with E-state index in [9.17, 15) is 9.59 Å². The van der Waals surface area contributed by atoms with Gasteiger partial charge in [-0.15, -0.1) is 11.3 Å². The fourth-order valence-electron chi connectivity index (χ4n) is 1.18. The third-order valence-corrected chi connectivity index (χ3v) is 4.01. The van der Waals surface area contributed by atoms with Crippen molar-refractivity contribution >= 4 is 39.1 Å². The number of thiophene rings is 1. The molecule has 1 rings (SSSR count). The minimum atomic E-state index is -1.16. The number of hydrogen-bond donors (Lipinski definition) is 1. The zero-order valence-electron chi connectivity index (χ0n) is 9.87. The molecule has 0 aliphatic carbocycles. The third-order valence-electron chi connectivity index (χ3n) is 2.31. The summed E-state index contributed by atoms with van der Waals surface area (Å²) in [6.45, 7) is 3.49. The van der Waals surface area contributed by atoms with E-state index < -0.39 is 11.4 Å². The number of methoxy groups -OCH3 is 1. The van der Waals surface area contributed by atoms with E-state index in [1.165, 1.54) is 18.4 Å². The Bertz CT molecular complexity index is 428. The van der Waals surface area contributed by atoms with Gasteiger partial charge < -0.3 is 10.1 Å². The smallest absolute Gasteiger partial charge is 0.320 e. The van der Waals surface area contributed by atoms with Gasteiger partial charge in [0.1, 0.15) is 5.41 Å². The van der Waals surface area contributed by atoms with Crippen molar-refractivity contribution in [2.75, 3.05) is 7.11 Å². The molecule has 0 aromatic carbocycles. The average Bonchev–Trinajstić information content (AvgIpc) is 2.70. The summed E-state index contributed by atoms with van der Waals surface area (Å²) < 4.78 is 5.57. The molecule has 1 aromatic rings. The topological polar surface area (TPSA) is 55.4 Å². The Kier molecular flexibility index (Phi) is 4.70. The molecule has 4 nitrogen and oxygen atoms in total. The summed E-state index contributed by atoms with van der Waals surface area (Å²) in [5.74, 6) is -0.878. The minimum absolute atomic E-state index is 0.339. The van der Waals surface area contributed by atoms with Crippen molar-refractivity contribution in [1.82, 2.24) is 5.32 Å². The van der Waals surface area contributed by atoms with Gasteiger partial charge in [0.25, 0.3) is 0 Å². The SMILES string of the molecule is COC(=O)C(C)(C)C(=O)NCc1cc(Br)cs1. The molecular weight excluding hydrogens is 306 g/mol. The number of halogens is 1. The number of ether oxygens (including phenoxy) is 1. The van der Waals surface area contributed by atoms with E-state index in [1.807, 2.05) is 11.4 Å². The van der Waals surface area contributed by atoms with E-state index in [4.69, 9.17) is 0 Å². The van der Waals surface area contributed by atoms with Gasteiger partial charge in [-0.25, -0.2) is 0 Å². The van der Waals surface area contributed by atoms with Crippen molar-refractivity contribution in [3.63, 3.8) is 0 Å². The number of hydrogen-bond acceptors (Lipinski definition) is 4. The molecule has 0 saturated carbocycles. The van der Waals surface area contributed by atoms with Gasteiger partial charge in [0.15, 0.2) is 0 Å². The van der Waals surface area contributed by atoms with E-state index >= 15 is 0 Å². The maximum Gasteiger partial charge on any atom is 0.320 e. The Morgan fingerprint density at radius 1 is 1.53 bits per heavy atom. The van der Waals surface area contributed by atoms with Crippen LogP contribution in [0, 0.1) is 5.41 Å².